The van der Waals surface area contributed by atoms with Crippen molar-refractivity contribution < 1.29 is 14.3 Å². The summed E-state index contributed by atoms with van der Waals surface area (Å²) < 4.78 is 5.32. The van der Waals surface area contributed by atoms with Gasteiger partial charge in [-0.1, -0.05) is 12.1 Å². The van der Waals surface area contributed by atoms with Gasteiger partial charge in [-0.25, -0.2) is 9.97 Å². The van der Waals surface area contributed by atoms with E-state index >= 15 is 0 Å². The van der Waals surface area contributed by atoms with Gasteiger partial charge in [0.2, 0.25) is 0 Å². The first-order valence-corrected chi connectivity index (χ1v) is 7.35. The highest BCUT2D eigenvalue weighted by atomic mass is 16.3. The molecule has 24 heavy (non-hydrogen) atoms. The summed E-state index contributed by atoms with van der Waals surface area (Å²) in [6, 6.07) is 10.4. The van der Waals surface area contributed by atoms with Crippen molar-refractivity contribution in [3.05, 3.63) is 54.4 Å². The molecule has 0 saturated heterocycles. The molecule has 7 heteroatoms. The molecule has 0 aliphatic carbocycles. The number of furan rings is 1. The van der Waals surface area contributed by atoms with Crippen LogP contribution in [0.15, 0.2) is 53.3 Å². The molecule has 1 amide bonds. The number of nitrogen functional groups attached to an aromatic ring is 1. The summed E-state index contributed by atoms with van der Waals surface area (Å²) in [6.07, 6.45) is 3.11. The van der Waals surface area contributed by atoms with Gasteiger partial charge in [-0.2, -0.15) is 0 Å². The van der Waals surface area contributed by atoms with Crippen molar-refractivity contribution in [2.45, 2.75) is 0 Å². The Hall–Kier alpha value is -3.19. The molecule has 7 nitrogen and oxygen atoms in total. The van der Waals surface area contributed by atoms with Crippen LogP contribution < -0.4 is 11.1 Å². The van der Waals surface area contributed by atoms with Gasteiger partial charge in [-0.3, -0.25) is 4.79 Å². The molecule has 0 saturated carbocycles. The van der Waals surface area contributed by atoms with Crippen LogP contribution in [0.1, 0.15) is 10.4 Å². The van der Waals surface area contributed by atoms with Gasteiger partial charge < -0.3 is 20.6 Å². The summed E-state index contributed by atoms with van der Waals surface area (Å²) in [7, 11) is 0. The minimum absolute atomic E-state index is 0.102. The standard InChI is InChI=1S/C17H16N4O3/c18-16-15(21-13(10-20-16)14-2-1-9-24-14)11-3-5-12(6-4-11)17(23)19-7-8-22/h1-6,9-10,22H,7-8H2,(H2,18,20)(H,19,23). The van der Waals surface area contributed by atoms with Crippen molar-refractivity contribution in [3.63, 3.8) is 0 Å². The number of carbonyl (C=O) groups is 1. The highest BCUT2D eigenvalue weighted by Crippen LogP contribution is 2.26. The van der Waals surface area contributed by atoms with E-state index in [-0.39, 0.29) is 19.1 Å². The number of aliphatic hydroxyl groups is 1. The molecule has 1 aromatic carbocycles. The number of nitrogens with one attached hydrogen (secondary N) is 1. The van der Waals surface area contributed by atoms with Gasteiger partial charge in [-0.05, 0) is 24.3 Å². The predicted molar refractivity (Wildman–Crippen MR) is 89.0 cm³/mol. The van der Waals surface area contributed by atoms with Crippen LogP contribution in [0.25, 0.3) is 22.7 Å². The number of carbonyl (C=O) groups excluding carboxylic acids is 1. The molecule has 0 bridgehead atoms. The molecular formula is C17H16N4O3. The number of amides is 1. The monoisotopic (exact) mass is 324 g/mol. The fourth-order valence-electron chi connectivity index (χ4n) is 2.20. The average molecular weight is 324 g/mol. The van der Waals surface area contributed by atoms with Crippen LogP contribution in [0, 0.1) is 0 Å². The van der Waals surface area contributed by atoms with Gasteiger partial charge in [0.1, 0.15) is 17.2 Å². The van der Waals surface area contributed by atoms with E-state index in [1.165, 1.54) is 0 Å². The van der Waals surface area contributed by atoms with Crippen LogP contribution in [-0.4, -0.2) is 34.1 Å². The number of rotatable bonds is 5. The molecule has 3 aromatic rings. The second-order valence-electron chi connectivity index (χ2n) is 5.02. The zero-order valence-corrected chi connectivity index (χ0v) is 12.8. The third kappa shape index (κ3) is 3.26. The quantitative estimate of drug-likeness (QED) is 0.658. The molecule has 0 atom stereocenters. The zero-order chi connectivity index (χ0) is 16.9. The second kappa shape index (κ2) is 6.93. The molecule has 0 fully saturated rings. The summed E-state index contributed by atoms with van der Waals surface area (Å²) in [4.78, 5) is 20.5. The molecule has 4 N–H and O–H groups in total. The minimum atomic E-state index is -0.251. The second-order valence-corrected chi connectivity index (χ2v) is 5.02. The highest BCUT2D eigenvalue weighted by molar-refractivity contribution is 5.94. The zero-order valence-electron chi connectivity index (χ0n) is 12.8. The summed E-state index contributed by atoms with van der Waals surface area (Å²) in [5.74, 6) is 0.644. The smallest absolute Gasteiger partial charge is 0.251 e. The number of aliphatic hydroxyl groups excluding tert-OH is 1. The van der Waals surface area contributed by atoms with Gasteiger partial charge in [0.05, 0.1) is 19.1 Å². The van der Waals surface area contributed by atoms with E-state index in [0.29, 0.717) is 28.5 Å². The summed E-state index contributed by atoms with van der Waals surface area (Å²) >= 11 is 0. The Morgan fingerprint density at radius 1 is 1.25 bits per heavy atom. The van der Waals surface area contributed by atoms with E-state index in [2.05, 4.69) is 15.3 Å². The lowest BCUT2D eigenvalue weighted by Crippen LogP contribution is -2.26. The highest BCUT2D eigenvalue weighted by Gasteiger charge is 2.11. The maximum absolute atomic E-state index is 11.8. The van der Waals surface area contributed by atoms with Crippen molar-refractivity contribution in [3.8, 4) is 22.7 Å². The van der Waals surface area contributed by atoms with E-state index < -0.39 is 0 Å². The maximum atomic E-state index is 11.8. The Bertz CT molecular complexity index is 830. The Morgan fingerprint density at radius 2 is 2.04 bits per heavy atom. The number of nitrogens with zero attached hydrogens (tertiary/aromatic N) is 2. The summed E-state index contributed by atoms with van der Waals surface area (Å²) in [6.45, 7) is 0.111. The molecule has 122 valence electrons. The van der Waals surface area contributed by atoms with E-state index in [4.69, 9.17) is 15.3 Å². The third-order valence-electron chi connectivity index (χ3n) is 3.39. The Morgan fingerprint density at radius 3 is 2.71 bits per heavy atom. The van der Waals surface area contributed by atoms with Crippen LogP contribution in [0.2, 0.25) is 0 Å². The van der Waals surface area contributed by atoms with Crippen LogP contribution >= 0.6 is 0 Å². The first kappa shape index (κ1) is 15.7. The van der Waals surface area contributed by atoms with Gasteiger partial charge in [-0.15, -0.1) is 0 Å². The number of benzene rings is 1. The van der Waals surface area contributed by atoms with Crippen molar-refractivity contribution in [1.82, 2.24) is 15.3 Å². The molecule has 0 aliphatic heterocycles. The van der Waals surface area contributed by atoms with E-state index in [9.17, 15) is 4.79 Å². The molecule has 0 unspecified atom stereocenters. The van der Waals surface area contributed by atoms with E-state index in [1.54, 1.807) is 48.9 Å². The molecule has 0 radical (unpaired) electrons. The van der Waals surface area contributed by atoms with E-state index in [0.717, 1.165) is 5.56 Å². The first-order valence-electron chi connectivity index (χ1n) is 7.35. The fraction of sp³-hybridized carbons (Fsp3) is 0.118. The predicted octanol–water partition coefficient (Wildman–Crippen LogP) is 1.71. The number of aromatic nitrogens is 2. The maximum Gasteiger partial charge on any atom is 0.251 e. The van der Waals surface area contributed by atoms with Gasteiger partial charge in [0.15, 0.2) is 5.76 Å². The van der Waals surface area contributed by atoms with Crippen LogP contribution in [0.4, 0.5) is 5.82 Å². The summed E-state index contributed by atoms with van der Waals surface area (Å²) in [5.41, 5.74) is 8.25. The molecule has 0 spiro atoms. The molecule has 2 heterocycles. The third-order valence-corrected chi connectivity index (χ3v) is 3.39. The lowest BCUT2D eigenvalue weighted by molar-refractivity contribution is 0.0945. The normalized spacial score (nSPS) is 10.5. The number of hydrogen-bond donors (Lipinski definition) is 3. The van der Waals surface area contributed by atoms with Crippen LogP contribution in [0.3, 0.4) is 0 Å². The SMILES string of the molecule is Nc1ncc(-c2ccco2)nc1-c1ccc(C(=O)NCCO)cc1. The number of anilines is 1. The fourth-order valence-corrected chi connectivity index (χ4v) is 2.20. The minimum Gasteiger partial charge on any atom is -0.463 e. The van der Waals surface area contributed by atoms with Gasteiger partial charge >= 0.3 is 0 Å². The average Bonchev–Trinajstić information content (AvgIpc) is 3.15. The van der Waals surface area contributed by atoms with Crippen LogP contribution in [0.5, 0.6) is 0 Å². The van der Waals surface area contributed by atoms with Crippen molar-refractivity contribution >= 4 is 11.7 Å². The molecule has 2 aromatic heterocycles. The van der Waals surface area contributed by atoms with Crippen molar-refractivity contribution in [2.24, 2.45) is 0 Å². The number of hydrogen-bond acceptors (Lipinski definition) is 6. The van der Waals surface area contributed by atoms with Gasteiger partial charge in [0.25, 0.3) is 5.91 Å². The Kier molecular flexibility index (Phi) is 4.53. The van der Waals surface area contributed by atoms with E-state index in [1.807, 2.05) is 0 Å². The molecular weight excluding hydrogens is 308 g/mol. The Labute approximate surface area is 138 Å². The topological polar surface area (TPSA) is 114 Å². The number of nitrogens with two attached hydrogens (primary N) is 1. The largest absolute Gasteiger partial charge is 0.463 e. The lowest BCUT2D eigenvalue weighted by atomic mass is 10.1. The molecule has 3 rings (SSSR count). The lowest BCUT2D eigenvalue weighted by Gasteiger charge is -2.07. The first-order chi connectivity index (χ1) is 11.7. The Balaban J connectivity index is 1.89. The van der Waals surface area contributed by atoms with Gasteiger partial charge in [0, 0.05) is 17.7 Å². The van der Waals surface area contributed by atoms with Crippen LogP contribution in [-0.2, 0) is 0 Å². The summed E-state index contributed by atoms with van der Waals surface area (Å²) in [5, 5.41) is 11.3. The van der Waals surface area contributed by atoms with Crippen molar-refractivity contribution in [2.75, 3.05) is 18.9 Å². The molecule has 0 aliphatic rings. The van der Waals surface area contributed by atoms with Crippen molar-refractivity contribution in [1.29, 1.82) is 0 Å².